The summed E-state index contributed by atoms with van der Waals surface area (Å²) in [4.78, 5) is 15.2. The first-order valence-electron chi connectivity index (χ1n) is 8.66. The molecule has 4 aromatic rings. The van der Waals surface area contributed by atoms with E-state index in [9.17, 15) is 18.0 Å². The number of nitrogens with zero attached hydrogens (tertiary/aromatic N) is 1. The van der Waals surface area contributed by atoms with Gasteiger partial charge >= 0.3 is 6.18 Å². The fraction of sp³-hybridized carbons (Fsp3) is 0.0952. The van der Waals surface area contributed by atoms with Gasteiger partial charge in [0.2, 0.25) is 0 Å². The third kappa shape index (κ3) is 3.33. The van der Waals surface area contributed by atoms with E-state index in [0.29, 0.717) is 27.7 Å². The Hall–Kier alpha value is -3.68. The van der Waals surface area contributed by atoms with Gasteiger partial charge in [0.25, 0.3) is 5.56 Å². The minimum atomic E-state index is -4.56. The first kappa shape index (κ1) is 18.7. The molecule has 5 nitrogen and oxygen atoms in total. The van der Waals surface area contributed by atoms with E-state index >= 15 is 0 Å². The summed E-state index contributed by atoms with van der Waals surface area (Å²) in [5.74, 6) is -0.127. The molecule has 3 N–H and O–H groups in total. The maximum Gasteiger partial charge on any atom is 0.419 e. The molecule has 0 amide bonds. The molecule has 0 aliphatic rings. The summed E-state index contributed by atoms with van der Waals surface area (Å²) in [5.41, 5.74) is 6.71. The molecule has 0 saturated carbocycles. The highest BCUT2D eigenvalue weighted by molar-refractivity contribution is 5.96. The second-order valence-electron chi connectivity index (χ2n) is 6.58. The van der Waals surface area contributed by atoms with Crippen molar-refractivity contribution in [3.05, 3.63) is 76.8 Å². The Labute approximate surface area is 163 Å². The van der Waals surface area contributed by atoms with Gasteiger partial charge < -0.3 is 20.0 Å². The van der Waals surface area contributed by atoms with Gasteiger partial charge in [-0.25, -0.2) is 0 Å². The van der Waals surface area contributed by atoms with Crippen LogP contribution in [0.25, 0.3) is 22.0 Å². The quantitative estimate of drug-likeness (QED) is 0.480. The lowest BCUT2D eigenvalue weighted by atomic mass is 10.0. The number of benzene rings is 2. The lowest BCUT2D eigenvalue weighted by molar-refractivity contribution is -0.138. The van der Waals surface area contributed by atoms with Crippen molar-refractivity contribution in [1.82, 2.24) is 9.55 Å². The van der Waals surface area contributed by atoms with E-state index in [1.807, 2.05) is 0 Å². The first-order valence-corrected chi connectivity index (χ1v) is 8.66. The maximum atomic E-state index is 13.4. The van der Waals surface area contributed by atoms with E-state index in [0.717, 1.165) is 6.07 Å². The molecule has 148 valence electrons. The van der Waals surface area contributed by atoms with Gasteiger partial charge in [-0.3, -0.25) is 4.79 Å². The largest absolute Gasteiger partial charge is 0.456 e. The Balaban J connectivity index is 1.92. The smallest absolute Gasteiger partial charge is 0.419 e. The number of rotatable bonds is 3. The topological polar surface area (TPSA) is 73.0 Å². The average Bonchev–Trinajstić information content (AvgIpc) is 3.16. The molecule has 0 fully saturated rings. The Morgan fingerprint density at radius 2 is 1.79 bits per heavy atom. The van der Waals surface area contributed by atoms with Gasteiger partial charge in [0.05, 0.1) is 5.56 Å². The van der Waals surface area contributed by atoms with Crippen LogP contribution < -0.4 is 16.0 Å². The third-order valence-electron chi connectivity index (χ3n) is 4.60. The number of pyridine rings is 1. The van der Waals surface area contributed by atoms with E-state index in [2.05, 4.69) is 4.98 Å². The maximum absolute atomic E-state index is 13.4. The Morgan fingerprint density at radius 3 is 2.55 bits per heavy atom. The predicted octanol–water partition coefficient (Wildman–Crippen LogP) is 4.93. The molecule has 2 heterocycles. The summed E-state index contributed by atoms with van der Waals surface area (Å²) in [7, 11) is 1.60. The van der Waals surface area contributed by atoms with Gasteiger partial charge in [-0.15, -0.1) is 0 Å². The molecule has 2 aromatic carbocycles. The van der Waals surface area contributed by atoms with Crippen molar-refractivity contribution in [3.8, 4) is 22.6 Å². The highest BCUT2D eigenvalue weighted by Crippen LogP contribution is 2.42. The number of fused-ring (bicyclic) bond motifs is 1. The van der Waals surface area contributed by atoms with Crippen molar-refractivity contribution in [2.45, 2.75) is 6.18 Å². The number of hydrogen-bond donors (Lipinski definition) is 2. The summed E-state index contributed by atoms with van der Waals surface area (Å²) in [6, 6.07) is 11.4. The fourth-order valence-corrected chi connectivity index (χ4v) is 3.24. The number of hydrogen-bond acceptors (Lipinski definition) is 3. The van der Waals surface area contributed by atoms with Crippen LogP contribution >= 0.6 is 0 Å². The molecule has 0 saturated heterocycles. The Bertz CT molecular complexity index is 1270. The van der Waals surface area contributed by atoms with Crippen LogP contribution in [-0.2, 0) is 13.2 Å². The van der Waals surface area contributed by atoms with Crippen LogP contribution in [0.5, 0.6) is 11.5 Å². The molecular formula is C21H16F3N3O2. The molecule has 0 aliphatic carbocycles. The molecule has 4 rings (SSSR count). The SMILES string of the molecule is Cn1cc(-c2cc(N)ccc2Oc2ccccc2C(F)(F)F)c2cc[nH]c2c1=O. The normalized spacial score (nSPS) is 11.7. The molecule has 0 atom stereocenters. The van der Waals surface area contributed by atoms with Crippen molar-refractivity contribution >= 4 is 16.6 Å². The number of nitrogens with one attached hydrogen (secondary N) is 1. The Morgan fingerprint density at radius 1 is 1.03 bits per heavy atom. The van der Waals surface area contributed by atoms with Crippen molar-refractivity contribution in [3.63, 3.8) is 0 Å². The summed E-state index contributed by atoms with van der Waals surface area (Å²) in [5, 5.41) is 0.618. The molecule has 29 heavy (non-hydrogen) atoms. The highest BCUT2D eigenvalue weighted by atomic mass is 19.4. The molecule has 0 aliphatic heterocycles. The molecule has 2 aromatic heterocycles. The lowest BCUT2D eigenvalue weighted by Gasteiger charge is -2.17. The monoisotopic (exact) mass is 399 g/mol. The molecular weight excluding hydrogens is 383 g/mol. The number of alkyl halides is 3. The van der Waals surface area contributed by atoms with Crippen LogP contribution in [0.1, 0.15) is 5.56 Å². The van der Waals surface area contributed by atoms with Gasteiger partial charge in [-0.2, -0.15) is 13.2 Å². The number of aromatic amines is 1. The Kier molecular flexibility index (Phi) is 4.34. The van der Waals surface area contributed by atoms with Crippen LogP contribution in [-0.4, -0.2) is 9.55 Å². The van der Waals surface area contributed by atoms with Crippen molar-refractivity contribution in [1.29, 1.82) is 0 Å². The minimum absolute atomic E-state index is 0.192. The summed E-state index contributed by atoms with van der Waals surface area (Å²) < 4.78 is 47.2. The third-order valence-corrected chi connectivity index (χ3v) is 4.60. The van der Waals surface area contributed by atoms with Crippen molar-refractivity contribution in [2.24, 2.45) is 7.05 Å². The minimum Gasteiger partial charge on any atom is -0.456 e. The standard InChI is InChI=1S/C21H16F3N3O2/c1-27-11-15(13-8-9-26-19(13)20(27)28)14-10-12(25)6-7-17(14)29-18-5-3-2-4-16(18)21(22,23)24/h2-11,26H,25H2,1H3. The van der Waals surface area contributed by atoms with Gasteiger partial charge in [-0.05, 0) is 36.4 Å². The van der Waals surface area contributed by atoms with Gasteiger partial charge in [0.15, 0.2) is 0 Å². The van der Waals surface area contributed by atoms with Crippen LogP contribution in [0.2, 0.25) is 0 Å². The molecule has 0 unspecified atom stereocenters. The zero-order valence-electron chi connectivity index (χ0n) is 15.2. The number of ether oxygens (including phenoxy) is 1. The predicted molar refractivity (Wildman–Crippen MR) is 105 cm³/mol. The lowest BCUT2D eigenvalue weighted by Crippen LogP contribution is -2.16. The van der Waals surface area contributed by atoms with Crippen LogP contribution in [0.4, 0.5) is 18.9 Å². The van der Waals surface area contributed by atoms with Gasteiger partial charge in [0, 0.05) is 41.6 Å². The number of para-hydroxylation sites is 1. The van der Waals surface area contributed by atoms with E-state index < -0.39 is 11.7 Å². The number of nitrogen functional groups attached to an aromatic ring is 1. The number of aromatic nitrogens is 2. The molecule has 0 bridgehead atoms. The number of nitrogens with two attached hydrogens (primary N) is 1. The number of halogens is 3. The highest BCUT2D eigenvalue weighted by Gasteiger charge is 2.34. The van der Waals surface area contributed by atoms with E-state index in [4.69, 9.17) is 10.5 Å². The zero-order chi connectivity index (χ0) is 20.8. The van der Waals surface area contributed by atoms with Crippen LogP contribution in [0.3, 0.4) is 0 Å². The number of aryl methyl sites for hydroxylation is 1. The van der Waals surface area contributed by atoms with Gasteiger partial charge in [-0.1, -0.05) is 12.1 Å². The zero-order valence-corrected chi connectivity index (χ0v) is 15.2. The van der Waals surface area contributed by atoms with Crippen LogP contribution in [0.15, 0.2) is 65.7 Å². The van der Waals surface area contributed by atoms with Crippen LogP contribution in [0, 0.1) is 0 Å². The van der Waals surface area contributed by atoms with E-state index in [1.165, 1.54) is 28.8 Å². The summed E-state index contributed by atoms with van der Waals surface area (Å²) >= 11 is 0. The fourth-order valence-electron chi connectivity index (χ4n) is 3.24. The number of anilines is 1. The first-order chi connectivity index (χ1) is 13.8. The van der Waals surface area contributed by atoms with Gasteiger partial charge in [0.1, 0.15) is 17.0 Å². The molecule has 0 radical (unpaired) electrons. The molecule has 0 spiro atoms. The molecule has 8 heteroatoms. The van der Waals surface area contributed by atoms with Crippen molar-refractivity contribution < 1.29 is 17.9 Å². The van der Waals surface area contributed by atoms with Crippen molar-refractivity contribution in [2.75, 3.05) is 5.73 Å². The van der Waals surface area contributed by atoms with E-state index in [-0.39, 0.29) is 17.1 Å². The summed E-state index contributed by atoms with van der Waals surface area (Å²) in [6.07, 6.45) is -1.33. The van der Waals surface area contributed by atoms with E-state index in [1.54, 1.807) is 37.6 Å². The number of H-pyrrole nitrogens is 1. The second kappa shape index (κ2) is 6.73. The average molecular weight is 399 g/mol. The summed E-state index contributed by atoms with van der Waals surface area (Å²) in [6.45, 7) is 0. The second-order valence-corrected chi connectivity index (χ2v) is 6.58.